The maximum Gasteiger partial charge on any atom is 0.224 e. The van der Waals surface area contributed by atoms with Gasteiger partial charge in [0.05, 0.1) is 18.3 Å². The smallest absolute Gasteiger partial charge is 0.224 e. The maximum atomic E-state index is 9.80. The van der Waals surface area contributed by atoms with Crippen molar-refractivity contribution < 1.29 is 5.11 Å². The Morgan fingerprint density at radius 1 is 1.39 bits per heavy atom. The van der Waals surface area contributed by atoms with E-state index in [9.17, 15) is 5.11 Å². The van der Waals surface area contributed by atoms with E-state index in [4.69, 9.17) is 0 Å². The molecule has 0 aromatic carbocycles. The zero-order chi connectivity index (χ0) is 15.6. The lowest BCUT2D eigenvalue weighted by Crippen LogP contribution is -2.38. The number of nitrogens with one attached hydrogen (secondary N) is 1. The second-order valence-electron chi connectivity index (χ2n) is 5.66. The van der Waals surface area contributed by atoms with E-state index < -0.39 is 0 Å². The minimum atomic E-state index is -0.270. The van der Waals surface area contributed by atoms with Crippen molar-refractivity contribution in [1.29, 1.82) is 0 Å². The number of hydrogen-bond acceptors (Lipinski definition) is 7. The van der Waals surface area contributed by atoms with Crippen molar-refractivity contribution in [3.63, 3.8) is 0 Å². The molecule has 1 fully saturated rings. The molecule has 0 spiro atoms. The first-order valence-electron chi connectivity index (χ1n) is 7.69. The summed E-state index contributed by atoms with van der Waals surface area (Å²) in [5.74, 6) is 1.44. The Morgan fingerprint density at radius 3 is 3.22 bits per heavy atom. The zero-order valence-corrected chi connectivity index (χ0v) is 13.4. The quantitative estimate of drug-likeness (QED) is 0.759. The molecule has 3 aromatic rings. The van der Waals surface area contributed by atoms with Gasteiger partial charge in [-0.2, -0.15) is 4.98 Å². The van der Waals surface area contributed by atoms with Gasteiger partial charge in [-0.1, -0.05) is 0 Å². The lowest BCUT2D eigenvalue weighted by Gasteiger charge is -2.31. The summed E-state index contributed by atoms with van der Waals surface area (Å²) < 4.78 is 2.01. The molecule has 4 rings (SSSR count). The third-order valence-corrected chi connectivity index (χ3v) is 4.70. The van der Waals surface area contributed by atoms with Crippen molar-refractivity contribution in [3.05, 3.63) is 35.7 Å². The summed E-state index contributed by atoms with van der Waals surface area (Å²) in [6, 6.07) is 1.88. The monoisotopic (exact) mass is 330 g/mol. The molecule has 2 N–H and O–H groups in total. The number of aliphatic hydroxyl groups excluding tert-OH is 1. The summed E-state index contributed by atoms with van der Waals surface area (Å²) >= 11 is 1.61. The van der Waals surface area contributed by atoms with Gasteiger partial charge in [0.15, 0.2) is 4.96 Å². The van der Waals surface area contributed by atoms with Gasteiger partial charge in [0.2, 0.25) is 5.95 Å². The standard InChI is InChI=1S/C15H18N6OS/c22-12-2-1-5-20(10-12)13-3-4-16-14(19-13)17-8-11-9-21-6-7-23-15(21)18-11/h3-4,6-7,9,12,22H,1-2,5,8,10H2,(H,16,17,19)/t12-/m0/s1. The van der Waals surface area contributed by atoms with Gasteiger partial charge in [0.1, 0.15) is 5.82 Å². The van der Waals surface area contributed by atoms with Gasteiger partial charge in [0.25, 0.3) is 0 Å². The van der Waals surface area contributed by atoms with Gasteiger partial charge in [-0.3, -0.25) is 4.40 Å². The molecule has 8 heteroatoms. The van der Waals surface area contributed by atoms with E-state index in [1.165, 1.54) is 0 Å². The zero-order valence-electron chi connectivity index (χ0n) is 12.6. The third kappa shape index (κ3) is 3.13. The molecular weight excluding hydrogens is 312 g/mol. The number of thiazole rings is 1. The largest absolute Gasteiger partial charge is 0.391 e. The van der Waals surface area contributed by atoms with Gasteiger partial charge in [-0.25, -0.2) is 9.97 Å². The van der Waals surface area contributed by atoms with Gasteiger partial charge in [-0.05, 0) is 18.9 Å². The summed E-state index contributed by atoms with van der Waals surface area (Å²) in [7, 11) is 0. The lowest BCUT2D eigenvalue weighted by atomic mass is 10.1. The molecule has 1 saturated heterocycles. The normalized spacial score (nSPS) is 18.5. The first-order chi connectivity index (χ1) is 11.3. The van der Waals surface area contributed by atoms with Gasteiger partial charge in [0, 0.05) is 37.1 Å². The SMILES string of the molecule is O[C@H]1CCCN(c2ccnc(NCc3cn4ccsc4n3)n2)C1. The molecule has 4 heterocycles. The highest BCUT2D eigenvalue weighted by molar-refractivity contribution is 7.15. The molecule has 0 amide bonds. The fourth-order valence-corrected chi connectivity index (χ4v) is 3.52. The van der Waals surface area contributed by atoms with Gasteiger partial charge in [-0.15, -0.1) is 11.3 Å². The molecule has 0 saturated carbocycles. The predicted octanol–water partition coefficient (Wildman–Crippen LogP) is 1.76. The van der Waals surface area contributed by atoms with Crippen LogP contribution >= 0.6 is 11.3 Å². The van der Waals surface area contributed by atoms with Crippen molar-refractivity contribution >= 4 is 28.1 Å². The number of imidazole rings is 1. The van der Waals surface area contributed by atoms with Crippen LogP contribution in [-0.2, 0) is 6.54 Å². The fraction of sp³-hybridized carbons (Fsp3) is 0.400. The van der Waals surface area contributed by atoms with Crippen molar-refractivity contribution in [3.8, 4) is 0 Å². The summed E-state index contributed by atoms with van der Waals surface area (Å²) in [5, 5.41) is 15.0. The Bertz CT molecular complexity index is 771. The molecular formula is C15H18N6OS. The minimum Gasteiger partial charge on any atom is -0.391 e. The van der Waals surface area contributed by atoms with Crippen molar-refractivity contribution in [2.24, 2.45) is 0 Å². The average molecular weight is 330 g/mol. The summed E-state index contributed by atoms with van der Waals surface area (Å²) in [5.41, 5.74) is 0.958. The van der Waals surface area contributed by atoms with Crippen molar-refractivity contribution in [2.75, 3.05) is 23.3 Å². The van der Waals surface area contributed by atoms with Crippen LogP contribution in [0.2, 0.25) is 0 Å². The van der Waals surface area contributed by atoms with E-state index in [2.05, 4.69) is 25.2 Å². The molecule has 0 radical (unpaired) electrons. The number of aliphatic hydroxyl groups is 1. The van der Waals surface area contributed by atoms with E-state index in [0.29, 0.717) is 19.0 Å². The topological polar surface area (TPSA) is 78.6 Å². The third-order valence-electron chi connectivity index (χ3n) is 3.93. The maximum absolute atomic E-state index is 9.80. The van der Waals surface area contributed by atoms with Crippen LogP contribution in [0.25, 0.3) is 4.96 Å². The summed E-state index contributed by atoms with van der Waals surface area (Å²) in [6.07, 6.45) is 7.33. The Balaban J connectivity index is 1.44. The van der Waals surface area contributed by atoms with E-state index in [0.717, 1.165) is 35.9 Å². The minimum absolute atomic E-state index is 0.270. The fourth-order valence-electron chi connectivity index (χ4n) is 2.80. The van der Waals surface area contributed by atoms with Crippen LogP contribution in [0, 0.1) is 0 Å². The van der Waals surface area contributed by atoms with Crippen LogP contribution in [0.1, 0.15) is 18.5 Å². The lowest BCUT2D eigenvalue weighted by molar-refractivity contribution is 0.154. The molecule has 1 atom stereocenters. The van der Waals surface area contributed by atoms with Crippen molar-refractivity contribution in [1.82, 2.24) is 19.4 Å². The van der Waals surface area contributed by atoms with E-state index in [-0.39, 0.29) is 6.10 Å². The molecule has 0 unspecified atom stereocenters. The molecule has 7 nitrogen and oxygen atoms in total. The summed E-state index contributed by atoms with van der Waals surface area (Å²) in [4.78, 5) is 16.4. The van der Waals surface area contributed by atoms with Crippen LogP contribution in [-0.4, -0.2) is 43.7 Å². The second kappa shape index (κ2) is 6.13. The molecule has 23 heavy (non-hydrogen) atoms. The van der Waals surface area contributed by atoms with E-state index in [1.54, 1.807) is 17.5 Å². The molecule has 1 aliphatic rings. The van der Waals surface area contributed by atoms with Crippen LogP contribution in [0.3, 0.4) is 0 Å². The molecule has 0 bridgehead atoms. The van der Waals surface area contributed by atoms with Crippen LogP contribution in [0.4, 0.5) is 11.8 Å². The van der Waals surface area contributed by atoms with Gasteiger partial charge >= 0.3 is 0 Å². The number of β-amino-alcohol motifs (C(OH)–C–C–N with tert-alkyl or cyclic N) is 1. The highest BCUT2D eigenvalue weighted by Crippen LogP contribution is 2.19. The van der Waals surface area contributed by atoms with Crippen molar-refractivity contribution in [2.45, 2.75) is 25.5 Å². The number of fused-ring (bicyclic) bond motifs is 1. The number of hydrogen-bond donors (Lipinski definition) is 2. The first kappa shape index (κ1) is 14.4. The highest BCUT2D eigenvalue weighted by atomic mass is 32.1. The molecule has 120 valence electrons. The number of rotatable bonds is 4. The number of piperidine rings is 1. The van der Waals surface area contributed by atoms with E-state index >= 15 is 0 Å². The number of nitrogens with zero attached hydrogens (tertiary/aromatic N) is 5. The Kier molecular flexibility index (Phi) is 3.84. The Morgan fingerprint density at radius 2 is 2.35 bits per heavy atom. The number of anilines is 2. The molecule has 3 aromatic heterocycles. The van der Waals surface area contributed by atoms with Crippen LogP contribution < -0.4 is 10.2 Å². The Hall–Kier alpha value is -2.19. The van der Waals surface area contributed by atoms with E-state index in [1.807, 2.05) is 28.2 Å². The van der Waals surface area contributed by atoms with Crippen LogP contribution in [0.15, 0.2) is 30.0 Å². The number of aromatic nitrogens is 4. The summed E-state index contributed by atoms with van der Waals surface area (Å²) in [6.45, 7) is 2.14. The predicted molar refractivity (Wildman–Crippen MR) is 89.9 cm³/mol. The first-order valence-corrected chi connectivity index (χ1v) is 8.57. The van der Waals surface area contributed by atoms with Crippen LogP contribution in [0.5, 0.6) is 0 Å². The molecule has 1 aliphatic heterocycles. The average Bonchev–Trinajstić information content (AvgIpc) is 3.14. The second-order valence-corrected chi connectivity index (χ2v) is 6.53. The highest BCUT2D eigenvalue weighted by Gasteiger charge is 2.19. The molecule has 0 aliphatic carbocycles. The Labute approximate surface area is 137 Å². The van der Waals surface area contributed by atoms with Gasteiger partial charge < -0.3 is 15.3 Å².